The molecule has 5 nitrogen and oxygen atoms in total. The van der Waals surface area contributed by atoms with Crippen LogP contribution in [0, 0.1) is 5.82 Å². The highest BCUT2D eigenvalue weighted by atomic mass is 19.4. The van der Waals surface area contributed by atoms with Crippen molar-refractivity contribution in [3.8, 4) is 5.75 Å². The van der Waals surface area contributed by atoms with Crippen molar-refractivity contribution in [1.82, 2.24) is 15.1 Å². The topological polar surface area (TPSA) is 56.1 Å². The van der Waals surface area contributed by atoms with E-state index < -0.39 is 23.6 Å². The van der Waals surface area contributed by atoms with Gasteiger partial charge in [0.25, 0.3) is 5.91 Å². The number of aromatic nitrogens is 2. The van der Waals surface area contributed by atoms with E-state index in [1.807, 2.05) is 0 Å². The summed E-state index contributed by atoms with van der Waals surface area (Å²) in [4.78, 5) is 11.7. The lowest BCUT2D eigenvalue weighted by Crippen LogP contribution is -2.32. The van der Waals surface area contributed by atoms with E-state index in [4.69, 9.17) is 4.74 Å². The van der Waals surface area contributed by atoms with Crippen LogP contribution < -0.4 is 10.1 Å². The molecule has 2 aromatic rings. The van der Waals surface area contributed by atoms with Gasteiger partial charge in [0.2, 0.25) is 0 Å². The minimum atomic E-state index is -4.49. The third-order valence-corrected chi connectivity index (χ3v) is 3.94. The standard InChI is InChI=1S/C17H17F4N3O2/c18-12-3-1-2-4-14(12)26-10-16(25)22-7-8-24-13(11-5-6-11)9-15(23-24)17(19,20)21/h1-4,9,11H,5-8,10H2,(H,22,25). The fourth-order valence-electron chi connectivity index (χ4n) is 2.51. The van der Waals surface area contributed by atoms with Crippen LogP contribution in [-0.2, 0) is 17.5 Å². The monoisotopic (exact) mass is 371 g/mol. The van der Waals surface area contributed by atoms with Crippen LogP contribution >= 0.6 is 0 Å². The van der Waals surface area contributed by atoms with E-state index in [1.54, 1.807) is 6.07 Å². The van der Waals surface area contributed by atoms with E-state index in [0.717, 1.165) is 18.9 Å². The summed E-state index contributed by atoms with van der Waals surface area (Å²) in [5, 5.41) is 6.13. The van der Waals surface area contributed by atoms with E-state index in [2.05, 4.69) is 10.4 Å². The minimum Gasteiger partial charge on any atom is -0.481 e. The normalized spacial score (nSPS) is 14.3. The van der Waals surface area contributed by atoms with Crippen LogP contribution in [0.3, 0.4) is 0 Å². The molecule has 1 heterocycles. The Morgan fingerprint density at radius 2 is 2.04 bits per heavy atom. The molecule has 1 aliphatic carbocycles. The smallest absolute Gasteiger partial charge is 0.435 e. The Bertz CT molecular complexity index is 785. The first-order valence-corrected chi connectivity index (χ1v) is 8.13. The molecule has 1 aromatic carbocycles. The number of nitrogens with one attached hydrogen (secondary N) is 1. The van der Waals surface area contributed by atoms with Gasteiger partial charge in [-0.25, -0.2) is 4.39 Å². The van der Waals surface area contributed by atoms with Gasteiger partial charge >= 0.3 is 6.18 Å². The van der Waals surface area contributed by atoms with Crippen molar-refractivity contribution in [2.75, 3.05) is 13.2 Å². The van der Waals surface area contributed by atoms with Gasteiger partial charge < -0.3 is 10.1 Å². The number of ether oxygens (including phenoxy) is 1. The Hall–Kier alpha value is -2.58. The maximum absolute atomic E-state index is 13.4. The van der Waals surface area contributed by atoms with E-state index in [0.29, 0.717) is 5.69 Å². The number of carbonyl (C=O) groups is 1. The van der Waals surface area contributed by atoms with E-state index in [1.165, 1.54) is 22.9 Å². The molecule has 1 fully saturated rings. The predicted octanol–water partition coefficient (Wildman–Crippen LogP) is 3.11. The van der Waals surface area contributed by atoms with Crippen LogP contribution in [0.25, 0.3) is 0 Å². The number of para-hydroxylation sites is 1. The van der Waals surface area contributed by atoms with Crippen molar-refractivity contribution in [1.29, 1.82) is 0 Å². The molecule has 26 heavy (non-hydrogen) atoms. The molecular formula is C17H17F4N3O2. The third kappa shape index (κ3) is 4.53. The van der Waals surface area contributed by atoms with Crippen LogP contribution in [-0.4, -0.2) is 28.8 Å². The highest BCUT2D eigenvalue weighted by Crippen LogP contribution is 2.42. The number of benzene rings is 1. The number of carbonyl (C=O) groups excluding carboxylic acids is 1. The number of alkyl halides is 3. The first-order valence-electron chi connectivity index (χ1n) is 8.13. The lowest BCUT2D eigenvalue weighted by Gasteiger charge is -2.10. The van der Waals surface area contributed by atoms with Gasteiger partial charge in [-0.2, -0.15) is 18.3 Å². The number of amides is 1. The van der Waals surface area contributed by atoms with Gasteiger partial charge in [-0.15, -0.1) is 0 Å². The van der Waals surface area contributed by atoms with Gasteiger partial charge in [0.1, 0.15) is 0 Å². The molecule has 0 radical (unpaired) electrons. The zero-order valence-electron chi connectivity index (χ0n) is 13.7. The molecule has 0 unspecified atom stereocenters. The van der Waals surface area contributed by atoms with Gasteiger partial charge in [0.15, 0.2) is 23.9 Å². The summed E-state index contributed by atoms with van der Waals surface area (Å²) in [5.41, 5.74) is -0.386. The molecule has 0 aliphatic heterocycles. The SMILES string of the molecule is O=C(COc1ccccc1F)NCCn1nc(C(F)(F)F)cc1C1CC1. The molecule has 0 saturated heterocycles. The average Bonchev–Trinajstić information content (AvgIpc) is 3.33. The van der Waals surface area contributed by atoms with Crippen LogP contribution in [0.5, 0.6) is 5.75 Å². The van der Waals surface area contributed by atoms with E-state index in [9.17, 15) is 22.4 Å². The van der Waals surface area contributed by atoms with E-state index >= 15 is 0 Å². The van der Waals surface area contributed by atoms with Crippen molar-refractivity contribution in [3.63, 3.8) is 0 Å². The molecule has 0 spiro atoms. The summed E-state index contributed by atoms with van der Waals surface area (Å²) in [6.45, 7) is -0.172. The van der Waals surface area contributed by atoms with Gasteiger partial charge in [0.05, 0.1) is 6.54 Å². The van der Waals surface area contributed by atoms with E-state index in [-0.39, 0.29) is 31.4 Å². The predicted molar refractivity (Wildman–Crippen MR) is 84.1 cm³/mol. The molecular weight excluding hydrogens is 354 g/mol. The fraction of sp³-hybridized carbons (Fsp3) is 0.412. The number of hydrogen-bond donors (Lipinski definition) is 1. The van der Waals surface area contributed by atoms with Crippen molar-refractivity contribution in [3.05, 3.63) is 47.5 Å². The summed E-state index contributed by atoms with van der Waals surface area (Å²) in [6.07, 6.45) is -2.82. The summed E-state index contributed by atoms with van der Waals surface area (Å²) in [7, 11) is 0. The Kier molecular flexibility index (Phi) is 5.15. The summed E-state index contributed by atoms with van der Waals surface area (Å²) in [6, 6.07) is 6.75. The zero-order chi connectivity index (χ0) is 18.7. The van der Waals surface area contributed by atoms with Crippen molar-refractivity contribution < 1.29 is 27.1 Å². The molecule has 1 N–H and O–H groups in total. The molecule has 140 valence electrons. The molecule has 3 rings (SSSR count). The summed E-state index contributed by atoms with van der Waals surface area (Å²) >= 11 is 0. The second-order valence-corrected chi connectivity index (χ2v) is 6.02. The molecule has 1 aromatic heterocycles. The lowest BCUT2D eigenvalue weighted by molar-refractivity contribution is -0.141. The molecule has 9 heteroatoms. The largest absolute Gasteiger partial charge is 0.481 e. The van der Waals surface area contributed by atoms with Crippen molar-refractivity contribution in [2.45, 2.75) is 31.5 Å². The van der Waals surface area contributed by atoms with Gasteiger partial charge in [-0.1, -0.05) is 12.1 Å². The Morgan fingerprint density at radius 3 is 2.69 bits per heavy atom. The number of halogens is 4. The highest BCUT2D eigenvalue weighted by Gasteiger charge is 2.37. The molecule has 1 saturated carbocycles. The maximum Gasteiger partial charge on any atom is 0.435 e. The van der Waals surface area contributed by atoms with Crippen LogP contribution in [0.2, 0.25) is 0 Å². The Balaban J connectivity index is 1.51. The Morgan fingerprint density at radius 1 is 1.31 bits per heavy atom. The second kappa shape index (κ2) is 7.35. The van der Waals surface area contributed by atoms with Crippen molar-refractivity contribution in [2.24, 2.45) is 0 Å². The lowest BCUT2D eigenvalue weighted by atomic mass is 10.2. The number of hydrogen-bond acceptors (Lipinski definition) is 3. The molecule has 0 bridgehead atoms. The average molecular weight is 371 g/mol. The first kappa shape index (κ1) is 18.2. The van der Waals surface area contributed by atoms with Crippen LogP contribution in [0.15, 0.2) is 30.3 Å². The van der Waals surface area contributed by atoms with Gasteiger partial charge in [-0.3, -0.25) is 9.48 Å². The zero-order valence-corrected chi connectivity index (χ0v) is 13.7. The second-order valence-electron chi connectivity index (χ2n) is 6.02. The van der Waals surface area contributed by atoms with Gasteiger partial charge in [-0.05, 0) is 31.0 Å². The number of rotatable bonds is 7. The first-order chi connectivity index (χ1) is 12.3. The summed E-state index contributed by atoms with van der Waals surface area (Å²) < 4.78 is 58.2. The highest BCUT2D eigenvalue weighted by molar-refractivity contribution is 5.77. The quantitative estimate of drug-likeness (QED) is 0.761. The third-order valence-electron chi connectivity index (χ3n) is 3.94. The Labute approximate surface area is 146 Å². The van der Waals surface area contributed by atoms with Gasteiger partial charge in [0, 0.05) is 18.2 Å². The number of nitrogens with zero attached hydrogens (tertiary/aromatic N) is 2. The van der Waals surface area contributed by atoms with Crippen molar-refractivity contribution >= 4 is 5.91 Å². The molecule has 1 amide bonds. The maximum atomic E-state index is 13.4. The molecule has 1 aliphatic rings. The minimum absolute atomic E-state index is 0.0411. The fourth-order valence-corrected chi connectivity index (χ4v) is 2.51. The summed E-state index contributed by atoms with van der Waals surface area (Å²) in [5.74, 6) is -1.02. The van der Waals surface area contributed by atoms with Crippen LogP contribution in [0.1, 0.15) is 30.1 Å². The molecule has 0 atom stereocenters. The van der Waals surface area contributed by atoms with Crippen LogP contribution in [0.4, 0.5) is 17.6 Å².